The van der Waals surface area contributed by atoms with E-state index in [1.165, 1.54) is 0 Å². The number of carbonyl (C=O) groups is 1. The molecule has 2 aromatic carbocycles. The van der Waals surface area contributed by atoms with Crippen LogP contribution in [-0.2, 0) is 6.61 Å². The van der Waals surface area contributed by atoms with Crippen molar-refractivity contribution in [3.8, 4) is 5.75 Å². The van der Waals surface area contributed by atoms with Gasteiger partial charge in [-0.15, -0.1) is 0 Å². The van der Waals surface area contributed by atoms with Crippen LogP contribution in [0.15, 0.2) is 54.6 Å². The molecule has 1 heterocycles. The number of anilines is 1. The summed E-state index contributed by atoms with van der Waals surface area (Å²) < 4.78 is 5.77. The number of nitrogens with one attached hydrogen (secondary N) is 1. The number of ether oxygens (including phenoxy) is 1. The van der Waals surface area contributed by atoms with Gasteiger partial charge in [-0.05, 0) is 31.0 Å². The monoisotopic (exact) mass is 326 g/mol. The predicted molar refractivity (Wildman–Crippen MR) is 93.0 cm³/mol. The highest BCUT2D eigenvalue weighted by molar-refractivity contribution is 5.90. The number of carbonyl (C=O) groups excluding carboxylic acids is 1. The molecule has 1 aliphatic heterocycles. The summed E-state index contributed by atoms with van der Waals surface area (Å²) in [6.45, 7) is 1.43. The number of rotatable bonds is 4. The van der Waals surface area contributed by atoms with Crippen molar-refractivity contribution in [2.24, 2.45) is 0 Å². The van der Waals surface area contributed by atoms with Gasteiger partial charge in [0.1, 0.15) is 12.4 Å². The number of hydrogen-bond acceptors (Lipinski definition) is 3. The van der Waals surface area contributed by atoms with Gasteiger partial charge in [-0.3, -0.25) is 0 Å². The molecular weight excluding hydrogens is 304 g/mol. The van der Waals surface area contributed by atoms with Gasteiger partial charge in [-0.2, -0.15) is 0 Å². The van der Waals surface area contributed by atoms with Crippen molar-refractivity contribution in [3.05, 3.63) is 60.2 Å². The van der Waals surface area contributed by atoms with Gasteiger partial charge in [0.15, 0.2) is 0 Å². The van der Waals surface area contributed by atoms with Crippen molar-refractivity contribution < 1.29 is 14.6 Å². The molecule has 5 nitrogen and oxygen atoms in total. The summed E-state index contributed by atoms with van der Waals surface area (Å²) in [5.74, 6) is 0.790. The molecule has 0 bridgehead atoms. The number of β-amino-alcohol motifs (C(OH)–C–C–N with tert-alkyl or cyclic N) is 1. The number of para-hydroxylation sites is 2. The van der Waals surface area contributed by atoms with E-state index in [0.29, 0.717) is 19.7 Å². The molecule has 1 atom stereocenters. The molecule has 24 heavy (non-hydrogen) atoms. The van der Waals surface area contributed by atoms with Crippen LogP contribution in [0.1, 0.15) is 18.4 Å². The summed E-state index contributed by atoms with van der Waals surface area (Å²) >= 11 is 0. The molecule has 2 aromatic rings. The maximum absolute atomic E-state index is 12.4. The molecule has 0 spiro atoms. The van der Waals surface area contributed by atoms with Crippen LogP contribution in [0, 0.1) is 0 Å². The highest BCUT2D eigenvalue weighted by Crippen LogP contribution is 2.20. The summed E-state index contributed by atoms with van der Waals surface area (Å²) in [6.07, 6.45) is 1.15. The smallest absolute Gasteiger partial charge is 0.321 e. The SMILES string of the molecule is O=C(Nc1ccccc1COc1ccccc1)N1CCCC(O)C1. The number of hydrogen-bond donors (Lipinski definition) is 2. The number of aliphatic hydroxyl groups excluding tert-OH is 1. The number of benzene rings is 2. The fraction of sp³-hybridized carbons (Fsp3) is 0.316. The highest BCUT2D eigenvalue weighted by atomic mass is 16.5. The molecule has 0 saturated carbocycles. The third-order valence-corrected chi connectivity index (χ3v) is 4.08. The highest BCUT2D eigenvalue weighted by Gasteiger charge is 2.22. The van der Waals surface area contributed by atoms with Crippen LogP contribution < -0.4 is 10.1 Å². The largest absolute Gasteiger partial charge is 0.489 e. The number of amides is 2. The first-order valence-corrected chi connectivity index (χ1v) is 8.22. The zero-order valence-corrected chi connectivity index (χ0v) is 13.5. The van der Waals surface area contributed by atoms with Crippen LogP contribution in [0.2, 0.25) is 0 Å². The predicted octanol–water partition coefficient (Wildman–Crippen LogP) is 3.25. The second kappa shape index (κ2) is 7.84. The first-order chi connectivity index (χ1) is 11.7. The standard InChI is InChI=1S/C19H22N2O3/c22-16-8-6-12-21(13-16)19(23)20-18-11-5-4-7-15(18)14-24-17-9-2-1-3-10-17/h1-5,7,9-11,16,22H,6,8,12-14H2,(H,20,23). The molecule has 2 N–H and O–H groups in total. The Labute approximate surface area is 141 Å². The van der Waals surface area contributed by atoms with Gasteiger partial charge in [0.05, 0.1) is 6.10 Å². The topological polar surface area (TPSA) is 61.8 Å². The van der Waals surface area contributed by atoms with E-state index in [9.17, 15) is 9.90 Å². The Morgan fingerprint density at radius 3 is 2.71 bits per heavy atom. The first kappa shape index (κ1) is 16.3. The number of urea groups is 1. The van der Waals surface area contributed by atoms with Crippen LogP contribution in [0.3, 0.4) is 0 Å². The average Bonchev–Trinajstić information content (AvgIpc) is 2.62. The number of likely N-dealkylation sites (tertiary alicyclic amines) is 1. The van der Waals surface area contributed by atoms with Crippen molar-refractivity contribution >= 4 is 11.7 Å². The lowest BCUT2D eigenvalue weighted by Gasteiger charge is -2.30. The molecule has 1 saturated heterocycles. The van der Waals surface area contributed by atoms with E-state index in [1.54, 1.807) is 4.90 Å². The molecule has 3 rings (SSSR count). The maximum Gasteiger partial charge on any atom is 0.321 e. The number of nitrogens with zero attached hydrogens (tertiary/aromatic N) is 1. The summed E-state index contributed by atoms with van der Waals surface area (Å²) in [7, 11) is 0. The minimum absolute atomic E-state index is 0.180. The van der Waals surface area contributed by atoms with E-state index in [0.717, 1.165) is 29.8 Å². The second-order valence-electron chi connectivity index (χ2n) is 5.93. The molecule has 1 aliphatic rings. The van der Waals surface area contributed by atoms with E-state index >= 15 is 0 Å². The van der Waals surface area contributed by atoms with E-state index in [-0.39, 0.29) is 6.03 Å². The Hall–Kier alpha value is -2.53. The molecule has 126 valence electrons. The van der Waals surface area contributed by atoms with Gasteiger partial charge < -0.3 is 20.1 Å². The van der Waals surface area contributed by atoms with E-state index < -0.39 is 6.10 Å². The minimum Gasteiger partial charge on any atom is -0.489 e. The minimum atomic E-state index is -0.429. The van der Waals surface area contributed by atoms with Gasteiger partial charge in [-0.25, -0.2) is 4.79 Å². The van der Waals surface area contributed by atoms with Crippen molar-refractivity contribution in [1.82, 2.24) is 4.90 Å². The van der Waals surface area contributed by atoms with Crippen LogP contribution in [-0.4, -0.2) is 35.2 Å². The zero-order chi connectivity index (χ0) is 16.8. The second-order valence-corrected chi connectivity index (χ2v) is 5.93. The molecule has 0 aromatic heterocycles. The van der Waals surface area contributed by atoms with Gasteiger partial charge >= 0.3 is 6.03 Å². The summed E-state index contributed by atoms with van der Waals surface area (Å²) in [5.41, 5.74) is 1.64. The Morgan fingerprint density at radius 1 is 1.17 bits per heavy atom. The number of piperidine rings is 1. The molecular formula is C19H22N2O3. The zero-order valence-electron chi connectivity index (χ0n) is 13.5. The number of aliphatic hydroxyl groups is 1. The van der Waals surface area contributed by atoms with Crippen molar-refractivity contribution in [2.75, 3.05) is 18.4 Å². The van der Waals surface area contributed by atoms with Crippen LogP contribution >= 0.6 is 0 Å². The molecule has 2 amide bonds. The van der Waals surface area contributed by atoms with Crippen molar-refractivity contribution in [3.63, 3.8) is 0 Å². The third-order valence-electron chi connectivity index (χ3n) is 4.08. The lowest BCUT2D eigenvalue weighted by atomic mass is 10.1. The van der Waals surface area contributed by atoms with Crippen LogP contribution in [0.5, 0.6) is 5.75 Å². The molecule has 1 unspecified atom stereocenters. The van der Waals surface area contributed by atoms with Crippen LogP contribution in [0.4, 0.5) is 10.5 Å². The average molecular weight is 326 g/mol. The molecule has 0 radical (unpaired) electrons. The lowest BCUT2D eigenvalue weighted by Crippen LogP contribution is -2.44. The molecule has 1 fully saturated rings. The van der Waals surface area contributed by atoms with Gasteiger partial charge in [0.25, 0.3) is 0 Å². The summed E-state index contributed by atoms with van der Waals surface area (Å²) in [4.78, 5) is 14.1. The lowest BCUT2D eigenvalue weighted by molar-refractivity contribution is 0.0883. The van der Waals surface area contributed by atoms with E-state index in [2.05, 4.69) is 5.32 Å². The molecule has 0 aliphatic carbocycles. The third kappa shape index (κ3) is 4.26. The summed E-state index contributed by atoms with van der Waals surface area (Å²) in [6, 6.07) is 17.0. The Balaban J connectivity index is 1.64. The fourth-order valence-electron chi connectivity index (χ4n) is 2.78. The van der Waals surface area contributed by atoms with Gasteiger partial charge in [0.2, 0.25) is 0 Å². The summed E-state index contributed by atoms with van der Waals surface area (Å²) in [5, 5.41) is 12.7. The normalized spacial score (nSPS) is 17.4. The van der Waals surface area contributed by atoms with Gasteiger partial charge in [0, 0.05) is 24.3 Å². The Morgan fingerprint density at radius 2 is 1.92 bits per heavy atom. The van der Waals surface area contributed by atoms with Gasteiger partial charge in [-0.1, -0.05) is 36.4 Å². The van der Waals surface area contributed by atoms with Crippen molar-refractivity contribution in [2.45, 2.75) is 25.6 Å². The maximum atomic E-state index is 12.4. The fourth-order valence-corrected chi connectivity index (χ4v) is 2.78. The van der Waals surface area contributed by atoms with Crippen molar-refractivity contribution in [1.29, 1.82) is 0 Å². The Bertz CT molecular complexity index is 675. The quantitative estimate of drug-likeness (QED) is 0.906. The first-order valence-electron chi connectivity index (χ1n) is 8.22. The Kier molecular flexibility index (Phi) is 5.33. The van der Waals surface area contributed by atoms with E-state index in [1.807, 2.05) is 54.6 Å². The molecule has 5 heteroatoms. The van der Waals surface area contributed by atoms with E-state index in [4.69, 9.17) is 4.74 Å². The van der Waals surface area contributed by atoms with Crippen LogP contribution in [0.25, 0.3) is 0 Å².